The number of rotatable bonds is 7. The number of sulfonamides is 1. The van der Waals surface area contributed by atoms with Crippen LogP contribution in [0.25, 0.3) is 0 Å². The average molecular weight is 399 g/mol. The van der Waals surface area contributed by atoms with E-state index in [0.717, 1.165) is 31.0 Å². The highest BCUT2D eigenvalue weighted by molar-refractivity contribution is 7.89. The van der Waals surface area contributed by atoms with Crippen LogP contribution in [0.3, 0.4) is 0 Å². The predicted molar refractivity (Wildman–Crippen MR) is 91.3 cm³/mol. The van der Waals surface area contributed by atoms with Gasteiger partial charge in [-0.25, -0.2) is 21.9 Å². The standard InChI is InChI=1S/C16H19F2N5O3S/c17-12-5-3-6-13(18)15(12)27(25,26)19-7-4-10-23-11-14(20-21-23)16(24)22-8-1-2-9-22/h3,5-6,11,19H,1-2,4,7-10H2. The summed E-state index contributed by atoms with van der Waals surface area (Å²) in [5.74, 6) is -2.47. The summed E-state index contributed by atoms with van der Waals surface area (Å²) < 4.78 is 54.9. The van der Waals surface area contributed by atoms with E-state index in [1.165, 1.54) is 10.9 Å². The second kappa shape index (κ2) is 8.09. The Hall–Kier alpha value is -2.40. The molecule has 146 valence electrons. The second-order valence-corrected chi connectivity index (χ2v) is 7.87. The van der Waals surface area contributed by atoms with E-state index in [1.54, 1.807) is 4.90 Å². The normalized spacial score (nSPS) is 14.7. The zero-order valence-electron chi connectivity index (χ0n) is 14.4. The smallest absolute Gasteiger partial charge is 0.276 e. The van der Waals surface area contributed by atoms with Gasteiger partial charge in [-0.3, -0.25) is 9.48 Å². The van der Waals surface area contributed by atoms with Crippen LogP contribution in [0, 0.1) is 11.6 Å². The summed E-state index contributed by atoms with van der Waals surface area (Å²) in [6, 6.07) is 2.85. The molecule has 0 spiro atoms. The van der Waals surface area contributed by atoms with Crippen molar-refractivity contribution < 1.29 is 22.0 Å². The fraction of sp³-hybridized carbons (Fsp3) is 0.438. The largest absolute Gasteiger partial charge is 0.337 e. The molecule has 0 aliphatic carbocycles. The van der Waals surface area contributed by atoms with E-state index in [0.29, 0.717) is 26.1 Å². The van der Waals surface area contributed by atoms with Gasteiger partial charge in [0.25, 0.3) is 5.91 Å². The first kappa shape index (κ1) is 19.4. The Morgan fingerprint density at radius 2 is 1.85 bits per heavy atom. The zero-order chi connectivity index (χ0) is 19.4. The molecule has 1 aliphatic rings. The molecule has 27 heavy (non-hydrogen) atoms. The first-order chi connectivity index (χ1) is 12.9. The summed E-state index contributed by atoms with van der Waals surface area (Å²) in [6.45, 7) is 1.66. The van der Waals surface area contributed by atoms with Gasteiger partial charge in [0, 0.05) is 26.2 Å². The minimum atomic E-state index is -4.30. The molecule has 3 rings (SSSR count). The lowest BCUT2D eigenvalue weighted by molar-refractivity contribution is 0.0787. The maximum atomic E-state index is 13.6. The van der Waals surface area contributed by atoms with Crippen LogP contribution < -0.4 is 4.72 Å². The summed E-state index contributed by atoms with van der Waals surface area (Å²) in [5.41, 5.74) is 0.242. The van der Waals surface area contributed by atoms with E-state index < -0.39 is 26.6 Å². The Balaban J connectivity index is 1.52. The highest BCUT2D eigenvalue weighted by atomic mass is 32.2. The first-order valence-corrected chi connectivity index (χ1v) is 10.00. The number of hydrogen-bond acceptors (Lipinski definition) is 5. The lowest BCUT2D eigenvalue weighted by Crippen LogP contribution is -2.28. The lowest BCUT2D eigenvalue weighted by atomic mass is 10.3. The molecule has 1 saturated heterocycles. The van der Waals surface area contributed by atoms with Crippen LogP contribution in [0.5, 0.6) is 0 Å². The highest BCUT2D eigenvalue weighted by Crippen LogP contribution is 2.17. The fourth-order valence-electron chi connectivity index (χ4n) is 2.85. The number of aromatic nitrogens is 3. The quantitative estimate of drug-likeness (QED) is 0.705. The van der Waals surface area contributed by atoms with Crippen molar-refractivity contribution in [3.05, 3.63) is 41.7 Å². The Kier molecular flexibility index (Phi) is 5.80. The van der Waals surface area contributed by atoms with E-state index in [9.17, 15) is 22.0 Å². The molecule has 1 aromatic heterocycles. The second-order valence-electron chi connectivity index (χ2n) is 6.17. The zero-order valence-corrected chi connectivity index (χ0v) is 15.3. The van der Waals surface area contributed by atoms with Crippen LogP contribution in [0.4, 0.5) is 8.78 Å². The SMILES string of the molecule is O=C(c1cn(CCCNS(=O)(=O)c2c(F)cccc2F)nn1)N1CCCC1. The Morgan fingerprint density at radius 1 is 1.19 bits per heavy atom. The topological polar surface area (TPSA) is 97.2 Å². The molecular weight excluding hydrogens is 380 g/mol. The van der Waals surface area contributed by atoms with E-state index in [1.807, 2.05) is 0 Å². The van der Waals surface area contributed by atoms with Crippen LogP contribution in [0.2, 0.25) is 0 Å². The van der Waals surface area contributed by atoms with Crippen molar-refractivity contribution in [1.82, 2.24) is 24.6 Å². The van der Waals surface area contributed by atoms with Crippen LogP contribution in [0.15, 0.2) is 29.3 Å². The number of likely N-dealkylation sites (tertiary alicyclic amines) is 1. The van der Waals surface area contributed by atoms with Gasteiger partial charge in [0.1, 0.15) is 11.6 Å². The van der Waals surface area contributed by atoms with Crippen LogP contribution in [-0.2, 0) is 16.6 Å². The van der Waals surface area contributed by atoms with Crippen molar-refractivity contribution in [2.24, 2.45) is 0 Å². The Labute approximate surface area is 155 Å². The molecule has 1 amide bonds. The van der Waals surface area contributed by atoms with Gasteiger partial charge < -0.3 is 4.90 Å². The number of amides is 1. The molecule has 1 N–H and O–H groups in total. The van der Waals surface area contributed by atoms with E-state index in [-0.39, 0.29) is 18.1 Å². The van der Waals surface area contributed by atoms with Crippen molar-refractivity contribution in [1.29, 1.82) is 0 Å². The predicted octanol–water partition coefficient (Wildman–Crippen LogP) is 1.16. The third kappa shape index (κ3) is 4.48. The molecule has 0 bridgehead atoms. The number of carbonyl (C=O) groups is 1. The van der Waals surface area contributed by atoms with Gasteiger partial charge in [0.15, 0.2) is 10.6 Å². The Morgan fingerprint density at radius 3 is 2.52 bits per heavy atom. The first-order valence-electron chi connectivity index (χ1n) is 8.51. The van der Waals surface area contributed by atoms with Crippen molar-refractivity contribution in [2.75, 3.05) is 19.6 Å². The van der Waals surface area contributed by atoms with Gasteiger partial charge in [-0.05, 0) is 31.4 Å². The highest BCUT2D eigenvalue weighted by Gasteiger charge is 2.24. The van der Waals surface area contributed by atoms with Gasteiger partial charge >= 0.3 is 0 Å². The number of nitrogens with zero attached hydrogens (tertiary/aromatic N) is 4. The van der Waals surface area contributed by atoms with E-state index in [2.05, 4.69) is 15.0 Å². The van der Waals surface area contributed by atoms with Crippen molar-refractivity contribution in [3.8, 4) is 0 Å². The van der Waals surface area contributed by atoms with E-state index >= 15 is 0 Å². The molecular formula is C16H19F2N5O3S. The molecule has 1 fully saturated rings. The number of aryl methyl sites for hydroxylation is 1. The molecule has 8 nitrogen and oxygen atoms in total. The minimum Gasteiger partial charge on any atom is -0.337 e. The molecule has 1 aliphatic heterocycles. The fourth-order valence-corrected chi connectivity index (χ4v) is 4.05. The van der Waals surface area contributed by atoms with Gasteiger partial charge in [0.2, 0.25) is 10.0 Å². The third-order valence-corrected chi connectivity index (χ3v) is 5.71. The van der Waals surface area contributed by atoms with Gasteiger partial charge in [0.05, 0.1) is 6.20 Å². The number of nitrogens with one attached hydrogen (secondary N) is 1. The molecule has 0 saturated carbocycles. The number of hydrogen-bond donors (Lipinski definition) is 1. The molecule has 1 aromatic carbocycles. The maximum absolute atomic E-state index is 13.6. The molecule has 2 heterocycles. The number of benzene rings is 1. The third-order valence-electron chi connectivity index (χ3n) is 4.19. The van der Waals surface area contributed by atoms with Crippen LogP contribution in [0.1, 0.15) is 29.8 Å². The van der Waals surface area contributed by atoms with Crippen LogP contribution >= 0.6 is 0 Å². The van der Waals surface area contributed by atoms with Crippen LogP contribution in [-0.4, -0.2) is 53.9 Å². The molecule has 2 aromatic rings. The number of carbonyl (C=O) groups excluding carboxylic acids is 1. The summed E-state index contributed by atoms with van der Waals surface area (Å²) in [6.07, 6.45) is 3.76. The Bertz CT molecular complexity index is 906. The molecule has 11 heteroatoms. The van der Waals surface area contributed by atoms with Crippen molar-refractivity contribution >= 4 is 15.9 Å². The van der Waals surface area contributed by atoms with Gasteiger partial charge in [-0.15, -0.1) is 5.10 Å². The van der Waals surface area contributed by atoms with Crippen molar-refractivity contribution in [3.63, 3.8) is 0 Å². The van der Waals surface area contributed by atoms with E-state index in [4.69, 9.17) is 0 Å². The molecule has 0 radical (unpaired) electrons. The van der Waals surface area contributed by atoms with Crippen molar-refractivity contribution in [2.45, 2.75) is 30.7 Å². The summed E-state index contributed by atoms with van der Waals surface area (Å²) in [4.78, 5) is 12.9. The summed E-state index contributed by atoms with van der Waals surface area (Å²) in [5, 5.41) is 7.69. The summed E-state index contributed by atoms with van der Waals surface area (Å²) in [7, 11) is -4.30. The monoisotopic (exact) mass is 399 g/mol. The molecule has 0 unspecified atom stereocenters. The molecule has 0 atom stereocenters. The average Bonchev–Trinajstić information content (AvgIpc) is 3.30. The summed E-state index contributed by atoms with van der Waals surface area (Å²) >= 11 is 0. The number of halogens is 2. The maximum Gasteiger partial charge on any atom is 0.276 e. The van der Waals surface area contributed by atoms with Gasteiger partial charge in [-0.1, -0.05) is 11.3 Å². The van der Waals surface area contributed by atoms with Gasteiger partial charge in [-0.2, -0.15) is 0 Å². The minimum absolute atomic E-state index is 0.0502. The lowest BCUT2D eigenvalue weighted by Gasteiger charge is -2.12.